The second kappa shape index (κ2) is 5.07. The lowest BCUT2D eigenvalue weighted by Gasteiger charge is -2.14. The summed E-state index contributed by atoms with van der Waals surface area (Å²) in [7, 11) is 0. The van der Waals surface area contributed by atoms with Gasteiger partial charge in [0.25, 0.3) is 5.91 Å². The van der Waals surface area contributed by atoms with Crippen molar-refractivity contribution in [2.75, 3.05) is 0 Å². The minimum absolute atomic E-state index is 0.203. The maximum Gasteiger partial charge on any atom is 0.383 e. The normalized spacial score (nSPS) is 11.6. The third-order valence-electron chi connectivity index (χ3n) is 1.84. The number of alkyl halides is 4. The summed E-state index contributed by atoms with van der Waals surface area (Å²) in [6.45, 7) is 1.29. The Kier molecular flexibility index (Phi) is 3.97. The third-order valence-corrected chi connectivity index (χ3v) is 1.84. The van der Waals surface area contributed by atoms with E-state index in [0.29, 0.717) is 5.69 Å². The number of halogens is 4. The minimum Gasteiger partial charge on any atom is -0.345 e. The van der Waals surface area contributed by atoms with E-state index in [2.05, 4.69) is 9.97 Å². The second-order valence-electron chi connectivity index (χ2n) is 3.26. The van der Waals surface area contributed by atoms with Crippen molar-refractivity contribution < 1.29 is 22.4 Å². The number of nitrogens with one attached hydrogen (secondary N) is 1. The van der Waals surface area contributed by atoms with Crippen molar-refractivity contribution in [1.29, 1.82) is 0 Å². The summed E-state index contributed by atoms with van der Waals surface area (Å²) in [6, 6.07) is 0. The summed E-state index contributed by atoms with van der Waals surface area (Å²) in [6.07, 6.45) is -1.41. The van der Waals surface area contributed by atoms with Crippen LogP contribution in [-0.4, -0.2) is 28.2 Å². The van der Waals surface area contributed by atoms with Crippen molar-refractivity contribution in [1.82, 2.24) is 15.3 Å². The van der Waals surface area contributed by atoms with Crippen LogP contribution in [0.4, 0.5) is 17.6 Å². The molecule has 0 aromatic carbocycles. The van der Waals surface area contributed by atoms with Gasteiger partial charge in [0.05, 0.1) is 24.1 Å². The van der Waals surface area contributed by atoms with E-state index in [1.54, 1.807) is 12.2 Å². The molecular weight excluding hydrogens is 242 g/mol. The Morgan fingerprint density at radius 1 is 1.41 bits per heavy atom. The molecule has 0 spiro atoms. The van der Waals surface area contributed by atoms with Crippen LogP contribution in [-0.2, 0) is 11.3 Å². The smallest absolute Gasteiger partial charge is 0.345 e. The van der Waals surface area contributed by atoms with Crippen molar-refractivity contribution in [3.63, 3.8) is 0 Å². The molecule has 0 aliphatic rings. The number of carbonyl (C=O) groups excluding carboxylic acids is 1. The number of nitrogens with zero attached hydrogens (tertiary/aromatic N) is 2. The van der Waals surface area contributed by atoms with Gasteiger partial charge in [0.1, 0.15) is 0 Å². The lowest BCUT2D eigenvalue weighted by atomic mass is 10.3. The van der Waals surface area contributed by atoms with E-state index in [1.165, 1.54) is 12.4 Å². The van der Waals surface area contributed by atoms with Gasteiger partial charge in [-0.15, -0.1) is 0 Å². The monoisotopic (exact) mass is 251 g/mol. The summed E-state index contributed by atoms with van der Waals surface area (Å²) in [5, 5.41) is 1.67. The summed E-state index contributed by atoms with van der Waals surface area (Å²) < 4.78 is 48.6. The molecule has 0 aliphatic heterocycles. The standard InChI is InChI=1S/C9H9F4N3O/c1-5-2-15-6(3-14-5)4-16-8(17)9(12,13)7(10)11/h2-3,7H,4H2,1H3,(H,16,17). The molecule has 0 fully saturated rings. The molecule has 94 valence electrons. The van der Waals surface area contributed by atoms with Gasteiger partial charge in [-0.3, -0.25) is 14.8 Å². The Hall–Kier alpha value is -1.73. The first-order valence-electron chi connectivity index (χ1n) is 4.56. The number of amides is 1. The number of hydrogen-bond acceptors (Lipinski definition) is 3. The molecule has 4 nitrogen and oxygen atoms in total. The number of carbonyl (C=O) groups is 1. The third kappa shape index (κ3) is 3.36. The lowest BCUT2D eigenvalue weighted by molar-refractivity contribution is -0.169. The van der Waals surface area contributed by atoms with E-state index in [-0.39, 0.29) is 12.2 Å². The average Bonchev–Trinajstić information content (AvgIpc) is 2.27. The highest BCUT2D eigenvalue weighted by atomic mass is 19.3. The van der Waals surface area contributed by atoms with Crippen molar-refractivity contribution in [2.24, 2.45) is 0 Å². The first-order valence-corrected chi connectivity index (χ1v) is 4.56. The van der Waals surface area contributed by atoms with Crippen LogP contribution >= 0.6 is 0 Å². The predicted molar refractivity (Wildman–Crippen MR) is 49.6 cm³/mol. The fraction of sp³-hybridized carbons (Fsp3) is 0.444. The Balaban J connectivity index is 2.57. The fourth-order valence-electron chi connectivity index (χ4n) is 0.898. The number of aryl methyl sites for hydroxylation is 1. The van der Waals surface area contributed by atoms with Crippen LogP contribution in [0.3, 0.4) is 0 Å². The number of aromatic nitrogens is 2. The number of hydrogen-bond donors (Lipinski definition) is 1. The van der Waals surface area contributed by atoms with E-state index in [4.69, 9.17) is 0 Å². The van der Waals surface area contributed by atoms with Gasteiger partial charge in [0.15, 0.2) is 0 Å². The van der Waals surface area contributed by atoms with Crippen LogP contribution < -0.4 is 5.32 Å². The van der Waals surface area contributed by atoms with Gasteiger partial charge in [0, 0.05) is 6.20 Å². The molecule has 0 bridgehead atoms. The van der Waals surface area contributed by atoms with Gasteiger partial charge in [0.2, 0.25) is 0 Å². The first kappa shape index (κ1) is 13.3. The molecule has 0 saturated heterocycles. The molecule has 0 unspecified atom stereocenters. The summed E-state index contributed by atoms with van der Waals surface area (Å²) in [5.74, 6) is -6.73. The van der Waals surface area contributed by atoms with E-state index >= 15 is 0 Å². The quantitative estimate of drug-likeness (QED) is 0.821. The van der Waals surface area contributed by atoms with Crippen LogP contribution in [0.15, 0.2) is 12.4 Å². The largest absolute Gasteiger partial charge is 0.383 e. The van der Waals surface area contributed by atoms with Crippen LogP contribution in [0, 0.1) is 6.92 Å². The Morgan fingerprint density at radius 3 is 2.53 bits per heavy atom. The van der Waals surface area contributed by atoms with Crippen LogP contribution in [0.1, 0.15) is 11.4 Å². The molecule has 1 N–H and O–H groups in total. The zero-order valence-corrected chi connectivity index (χ0v) is 8.75. The van der Waals surface area contributed by atoms with Crippen molar-refractivity contribution in [3.05, 3.63) is 23.8 Å². The van der Waals surface area contributed by atoms with Gasteiger partial charge in [-0.05, 0) is 6.92 Å². The first-order chi connectivity index (χ1) is 7.84. The van der Waals surface area contributed by atoms with Crippen LogP contribution in [0.25, 0.3) is 0 Å². The van der Waals surface area contributed by atoms with Crippen molar-refractivity contribution >= 4 is 5.91 Å². The maximum atomic E-state index is 12.5. The molecule has 8 heteroatoms. The van der Waals surface area contributed by atoms with Gasteiger partial charge < -0.3 is 5.32 Å². The Labute approximate surface area is 94.1 Å². The zero-order valence-electron chi connectivity index (χ0n) is 8.75. The second-order valence-corrected chi connectivity index (χ2v) is 3.26. The van der Waals surface area contributed by atoms with Gasteiger partial charge in [-0.25, -0.2) is 8.78 Å². The van der Waals surface area contributed by atoms with E-state index in [1.807, 2.05) is 0 Å². The minimum atomic E-state index is -4.70. The van der Waals surface area contributed by atoms with Crippen molar-refractivity contribution in [2.45, 2.75) is 25.8 Å². The summed E-state index contributed by atoms with van der Waals surface area (Å²) in [4.78, 5) is 18.3. The molecule has 1 aromatic rings. The van der Waals surface area contributed by atoms with E-state index in [0.717, 1.165) is 0 Å². The highest BCUT2D eigenvalue weighted by molar-refractivity contribution is 5.83. The van der Waals surface area contributed by atoms with Crippen LogP contribution in [0.5, 0.6) is 0 Å². The molecule has 1 amide bonds. The lowest BCUT2D eigenvalue weighted by Crippen LogP contribution is -2.44. The van der Waals surface area contributed by atoms with Crippen LogP contribution in [0.2, 0.25) is 0 Å². The highest BCUT2D eigenvalue weighted by Crippen LogP contribution is 2.22. The topological polar surface area (TPSA) is 54.9 Å². The molecule has 1 aromatic heterocycles. The fourth-order valence-corrected chi connectivity index (χ4v) is 0.898. The molecular formula is C9H9F4N3O. The Morgan fingerprint density at radius 2 is 2.06 bits per heavy atom. The van der Waals surface area contributed by atoms with Crippen molar-refractivity contribution in [3.8, 4) is 0 Å². The number of rotatable bonds is 4. The van der Waals surface area contributed by atoms with Gasteiger partial charge in [-0.1, -0.05) is 0 Å². The summed E-state index contributed by atoms with van der Waals surface area (Å²) >= 11 is 0. The van der Waals surface area contributed by atoms with Gasteiger partial charge >= 0.3 is 12.3 Å². The average molecular weight is 251 g/mol. The van der Waals surface area contributed by atoms with E-state index < -0.39 is 18.3 Å². The molecule has 17 heavy (non-hydrogen) atoms. The Bertz CT molecular complexity index is 394. The molecule has 0 atom stereocenters. The molecule has 0 saturated carbocycles. The molecule has 0 radical (unpaired) electrons. The van der Waals surface area contributed by atoms with E-state index in [9.17, 15) is 22.4 Å². The molecule has 0 aliphatic carbocycles. The zero-order chi connectivity index (χ0) is 13.1. The SMILES string of the molecule is Cc1cnc(CNC(=O)C(F)(F)C(F)F)cn1. The molecule has 1 rings (SSSR count). The summed E-state index contributed by atoms with van der Waals surface area (Å²) in [5.41, 5.74) is 0.812. The van der Waals surface area contributed by atoms with Gasteiger partial charge in [-0.2, -0.15) is 8.78 Å². The molecule has 1 heterocycles. The highest BCUT2D eigenvalue weighted by Gasteiger charge is 2.48. The predicted octanol–water partition coefficient (Wildman–Crippen LogP) is 1.30. The maximum absolute atomic E-state index is 12.5.